The molecule has 21 heavy (non-hydrogen) atoms. The number of fused-ring (bicyclic) bond motifs is 1. The summed E-state index contributed by atoms with van der Waals surface area (Å²) in [6.45, 7) is 3.34. The third-order valence-electron chi connectivity index (χ3n) is 3.32. The topological polar surface area (TPSA) is 35.5 Å². The number of aldehydes is 1. The quantitative estimate of drug-likeness (QED) is 0.799. The molecule has 0 atom stereocenters. The number of hydrogen-bond donors (Lipinski definition) is 0. The van der Waals surface area contributed by atoms with Gasteiger partial charge in [0.1, 0.15) is 6.29 Å². The number of benzene rings is 2. The van der Waals surface area contributed by atoms with Crippen LogP contribution in [0.4, 0.5) is 0 Å². The highest BCUT2D eigenvalue weighted by molar-refractivity contribution is 7.99. The number of carbonyl (C=O) groups excluding carboxylic acids is 1. The third kappa shape index (κ3) is 3.22. The molecule has 108 valence electrons. The first-order valence-corrected chi connectivity index (χ1v) is 7.71. The Morgan fingerprint density at radius 1 is 1.00 bits per heavy atom. The molecule has 0 aromatic heterocycles. The number of rotatable bonds is 3. The first-order valence-electron chi connectivity index (χ1n) is 6.89. The highest BCUT2D eigenvalue weighted by Gasteiger charge is 2.11. The number of carbonyl (C=O) groups is 1. The van der Waals surface area contributed by atoms with Crippen molar-refractivity contribution in [3.05, 3.63) is 47.5 Å². The van der Waals surface area contributed by atoms with Crippen LogP contribution in [0, 0.1) is 6.92 Å². The van der Waals surface area contributed by atoms with Crippen LogP contribution in [-0.4, -0.2) is 19.5 Å². The van der Waals surface area contributed by atoms with Crippen LogP contribution >= 0.6 is 11.8 Å². The molecule has 0 saturated heterocycles. The smallest absolute Gasteiger partial charge is 0.162 e. The van der Waals surface area contributed by atoms with Gasteiger partial charge in [0.2, 0.25) is 0 Å². The molecule has 2 aromatic carbocycles. The Hall–Kier alpha value is -1.94. The van der Waals surface area contributed by atoms with Gasteiger partial charge in [-0.2, -0.15) is 0 Å². The predicted octanol–water partition coefficient (Wildman–Crippen LogP) is 4.12. The van der Waals surface area contributed by atoms with Crippen molar-refractivity contribution in [1.82, 2.24) is 0 Å². The average molecular weight is 300 g/mol. The molecule has 1 heterocycles. The van der Waals surface area contributed by atoms with E-state index in [1.165, 1.54) is 0 Å². The zero-order valence-corrected chi connectivity index (χ0v) is 12.6. The highest BCUT2D eigenvalue weighted by atomic mass is 32.2. The van der Waals surface area contributed by atoms with Gasteiger partial charge in [0.15, 0.2) is 11.5 Å². The average Bonchev–Trinajstić information content (AvgIpc) is 2.72. The van der Waals surface area contributed by atoms with Gasteiger partial charge >= 0.3 is 0 Å². The lowest BCUT2D eigenvalue weighted by Crippen LogP contribution is -1.97. The Morgan fingerprint density at radius 2 is 1.71 bits per heavy atom. The van der Waals surface area contributed by atoms with Crippen molar-refractivity contribution >= 4 is 18.0 Å². The molecular weight excluding hydrogens is 284 g/mol. The predicted molar refractivity (Wildman–Crippen MR) is 82.7 cm³/mol. The molecule has 0 N–H and O–H groups in total. The standard InChI is InChI=1S/C17H16O3S/c1-12-9-14(4-3-13(12)11-18)21-15-5-6-16-17(10-15)20-8-2-7-19-16/h3-6,9-11H,2,7-8H2,1H3. The summed E-state index contributed by atoms with van der Waals surface area (Å²) < 4.78 is 11.3. The van der Waals surface area contributed by atoms with E-state index in [0.717, 1.165) is 45.1 Å². The van der Waals surface area contributed by atoms with E-state index in [0.29, 0.717) is 13.2 Å². The maximum atomic E-state index is 10.9. The Morgan fingerprint density at radius 3 is 2.48 bits per heavy atom. The van der Waals surface area contributed by atoms with Gasteiger partial charge in [0.25, 0.3) is 0 Å². The molecule has 0 bridgehead atoms. The van der Waals surface area contributed by atoms with Crippen molar-refractivity contribution in [2.45, 2.75) is 23.1 Å². The van der Waals surface area contributed by atoms with Crippen LogP contribution in [-0.2, 0) is 0 Å². The maximum absolute atomic E-state index is 10.9. The van der Waals surface area contributed by atoms with Crippen molar-refractivity contribution in [3.63, 3.8) is 0 Å². The lowest BCUT2D eigenvalue weighted by atomic mass is 10.1. The monoisotopic (exact) mass is 300 g/mol. The second kappa shape index (κ2) is 6.22. The minimum atomic E-state index is 0.689. The summed E-state index contributed by atoms with van der Waals surface area (Å²) in [7, 11) is 0. The molecule has 0 saturated carbocycles. The van der Waals surface area contributed by atoms with Crippen molar-refractivity contribution in [3.8, 4) is 11.5 Å². The Balaban J connectivity index is 1.83. The SMILES string of the molecule is Cc1cc(Sc2ccc3c(c2)OCCCO3)ccc1C=O. The second-order valence-corrected chi connectivity index (χ2v) is 6.04. The third-order valence-corrected chi connectivity index (χ3v) is 4.30. The zero-order chi connectivity index (χ0) is 14.7. The maximum Gasteiger partial charge on any atom is 0.162 e. The fourth-order valence-electron chi connectivity index (χ4n) is 2.19. The first-order chi connectivity index (χ1) is 10.3. The summed E-state index contributed by atoms with van der Waals surface area (Å²) in [6, 6.07) is 11.8. The van der Waals surface area contributed by atoms with Crippen LogP contribution in [0.1, 0.15) is 22.3 Å². The molecule has 0 aliphatic carbocycles. The molecule has 1 aliphatic rings. The number of ether oxygens (including phenoxy) is 2. The normalized spacial score (nSPS) is 13.6. The van der Waals surface area contributed by atoms with E-state index in [-0.39, 0.29) is 0 Å². The Labute approximate surface area is 128 Å². The van der Waals surface area contributed by atoms with Crippen molar-refractivity contribution < 1.29 is 14.3 Å². The van der Waals surface area contributed by atoms with E-state index in [4.69, 9.17) is 9.47 Å². The number of aryl methyl sites for hydroxylation is 1. The Kier molecular flexibility index (Phi) is 4.15. The summed E-state index contributed by atoms with van der Waals surface area (Å²) >= 11 is 1.65. The molecular formula is C17H16O3S. The van der Waals surface area contributed by atoms with Gasteiger partial charge in [0.05, 0.1) is 13.2 Å². The van der Waals surface area contributed by atoms with Gasteiger partial charge in [-0.3, -0.25) is 4.79 Å². The van der Waals surface area contributed by atoms with Gasteiger partial charge in [-0.05, 0) is 42.8 Å². The summed E-state index contributed by atoms with van der Waals surface area (Å²) in [5.41, 5.74) is 1.72. The largest absolute Gasteiger partial charge is 0.490 e. The summed E-state index contributed by atoms with van der Waals surface area (Å²) in [4.78, 5) is 13.1. The van der Waals surface area contributed by atoms with Crippen LogP contribution in [0.2, 0.25) is 0 Å². The molecule has 0 radical (unpaired) electrons. The van der Waals surface area contributed by atoms with Crippen molar-refractivity contribution in [1.29, 1.82) is 0 Å². The van der Waals surface area contributed by atoms with Gasteiger partial charge < -0.3 is 9.47 Å². The lowest BCUT2D eigenvalue weighted by molar-refractivity contribution is 0.112. The van der Waals surface area contributed by atoms with Crippen molar-refractivity contribution in [2.75, 3.05) is 13.2 Å². The van der Waals surface area contributed by atoms with E-state index in [1.54, 1.807) is 11.8 Å². The summed E-state index contributed by atoms with van der Waals surface area (Å²) in [5.74, 6) is 1.61. The van der Waals surface area contributed by atoms with Crippen LogP contribution < -0.4 is 9.47 Å². The molecule has 4 heteroatoms. The van der Waals surface area contributed by atoms with Crippen LogP contribution in [0.3, 0.4) is 0 Å². The fourth-order valence-corrected chi connectivity index (χ4v) is 3.13. The molecule has 3 nitrogen and oxygen atoms in total. The van der Waals surface area contributed by atoms with E-state index in [1.807, 2.05) is 43.3 Å². The van der Waals surface area contributed by atoms with Crippen LogP contribution in [0.25, 0.3) is 0 Å². The van der Waals surface area contributed by atoms with Gasteiger partial charge in [-0.15, -0.1) is 0 Å². The van der Waals surface area contributed by atoms with E-state index in [2.05, 4.69) is 0 Å². The van der Waals surface area contributed by atoms with E-state index >= 15 is 0 Å². The first kappa shape index (κ1) is 14.0. The van der Waals surface area contributed by atoms with Gasteiger partial charge in [-0.1, -0.05) is 17.8 Å². The summed E-state index contributed by atoms with van der Waals surface area (Å²) in [5, 5.41) is 0. The summed E-state index contributed by atoms with van der Waals surface area (Å²) in [6.07, 6.45) is 1.79. The lowest BCUT2D eigenvalue weighted by Gasteiger charge is -2.09. The van der Waals surface area contributed by atoms with E-state index < -0.39 is 0 Å². The highest BCUT2D eigenvalue weighted by Crippen LogP contribution is 2.36. The minimum absolute atomic E-state index is 0.689. The molecule has 0 amide bonds. The molecule has 1 aliphatic heterocycles. The fraction of sp³-hybridized carbons (Fsp3) is 0.235. The van der Waals surface area contributed by atoms with E-state index in [9.17, 15) is 4.79 Å². The molecule has 0 fully saturated rings. The molecule has 0 spiro atoms. The van der Waals surface area contributed by atoms with Gasteiger partial charge in [-0.25, -0.2) is 0 Å². The second-order valence-electron chi connectivity index (χ2n) is 4.90. The number of hydrogen-bond acceptors (Lipinski definition) is 4. The van der Waals surface area contributed by atoms with Crippen molar-refractivity contribution in [2.24, 2.45) is 0 Å². The molecule has 0 unspecified atom stereocenters. The minimum Gasteiger partial charge on any atom is -0.490 e. The van der Waals surface area contributed by atoms with Crippen LogP contribution in [0.15, 0.2) is 46.2 Å². The zero-order valence-electron chi connectivity index (χ0n) is 11.8. The van der Waals surface area contributed by atoms with Gasteiger partial charge in [0, 0.05) is 21.8 Å². The molecule has 2 aromatic rings. The van der Waals surface area contributed by atoms with Crippen LogP contribution in [0.5, 0.6) is 11.5 Å². The molecule has 3 rings (SSSR count). The Bertz CT molecular complexity index is 667.